The molecule has 0 spiro atoms. The van der Waals surface area contributed by atoms with E-state index in [0.717, 1.165) is 31.1 Å². The molecule has 1 aliphatic rings. The van der Waals surface area contributed by atoms with Crippen LogP contribution in [0.5, 0.6) is 0 Å². The second-order valence-electron chi connectivity index (χ2n) is 5.53. The number of nitrogens with zero attached hydrogens (tertiary/aromatic N) is 2. The quantitative estimate of drug-likeness (QED) is 0.796. The maximum absolute atomic E-state index is 11.0. The van der Waals surface area contributed by atoms with Gasteiger partial charge in [-0.25, -0.2) is 14.8 Å². The van der Waals surface area contributed by atoms with Crippen molar-refractivity contribution < 1.29 is 15.0 Å². The van der Waals surface area contributed by atoms with Gasteiger partial charge in [0.2, 0.25) is 0 Å². The summed E-state index contributed by atoms with van der Waals surface area (Å²) in [7, 11) is 0. The minimum Gasteiger partial charge on any atom is -0.478 e. The first-order valence-corrected chi connectivity index (χ1v) is 7.01. The topological polar surface area (TPSA) is 95.3 Å². The number of rotatable bonds is 4. The average molecular weight is 287 g/mol. The number of aliphatic hydroxyl groups excluding tert-OH is 1. The molecule has 1 aromatic carbocycles. The molecule has 0 amide bonds. The number of aromatic nitrogens is 2. The summed E-state index contributed by atoms with van der Waals surface area (Å²) >= 11 is 0. The summed E-state index contributed by atoms with van der Waals surface area (Å²) < 4.78 is 0. The highest BCUT2D eigenvalue weighted by atomic mass is 16.4. The predicted molar refractivity (Wildman–Crippen MR) is 78.4 cm³/mol. The average Bonchev–Trinajstić information content (AvgIpc) is 2.96. The third-order valence-corrected chi connectivity index (χ3v) is 4.13. The number of anilines is 1. The fourth-order valence-corrected chi connectivity index (χ4v) is 2.92. The number of aliphatic hydroxyl groups is 1. The van der Waals surface area contributed by atoms with Gasteiger partial charge in [-0.1, -0.05) is 12.8 Å². The number of hydrogen-bond acceptors (Lipinski definition) is 5. The van der Waals surface area contributed by atoms with Crippen LogP contribution in [0.3, 0.4) is 0 Å². The van der Waals surface area contributed by atoms with Crippen LogP contribution in [0.1, 0.15) is 36.0 Å². The molecule has 0 bridgehead atoms. The van der Waals surface area contributed by atoms with Gasteiger partial charge in [-0.2, -0.15) is 0 Å². The monoisotopic (exact) mass is 287 g/mol. The largest absolute Gasteiger partial charge is 0.478 e. The Kier molecular flexibility index (Phi) is 3.47. The molecule has 1 fully saturated rings. The van der Waals surface area contributed by atoms with E-state index in [4.69, 9.17) is 5.11 Å². The lowest BCUT2D eigenvalue weighted by Gasteiger charge is -2.29. The van der Waals surface area contributed by atoms with E-state index in [-0.39, 0.29) is 17.7 Å². The van der Waals surface area contributed by atoms with Gasteiger partial charge in [0.25, 0.3) is 0 Å². The molecule has 6 heteroatoms. The lowest BCUT2D eigenvalue weighted by molar-refractivity contribution is 0.0697. The van der Waals surface area contributed by atoms with Gasteiger partial charge in [-0.3, -0.25) is 0 Å². The van der Waals surface area contributed by atoms with Gasteiger partial charge in [0.05, 0.1) is 23.2 Å². The zero-order valence-electron chi connectivity index (χ0n) is 11.5. The van der Waals surface area contributed by atoms with Gasteiger partial charge in [-0.05, 0) is 31.0 Å². The highest BCUT2D eigenvalue weighted by molar-refractivity contribution is 5.96. The Balaban J connectivity index is 2.01. The van der Waals surface area contributed by atoms with Crippen molar-refractivity contribution in [3.8, 4) is 0 Å². The van der Waals surface area contributed by atoms with Gasteiger partial charge in [-0.15, -0.1) is 0 Å². The summed E-state index contributed by atoms with van der Waals surface area (Å²) in [6, 6.07) is 4.78. The van der Waals surface area contributed by atoms with Crippen LogP contribution in [0.2, 0.25) is 0 Å². The van der Waals surface area contributed by atoms with Crippen molar-refractivity contribution in [2.45, 2.75) is 31.2 Å². The van der Waals surface area contributed by atoms with Gasteiger partial charge in [0, 0.05) is 5.39 Å². The molecule has 6 nitrogen and oxygen atoms in total. The van der Waals surface area contributed by atoms with Gasteiger partial charge in [0.1, 0.15) is 12.1 Å². The first kappa shape index (κ1) is 13.8. The lowest BCUT2D eigenvalue weighted by Crippen LogP contribution is -2.39. The molecule has 1 saturated carbocycles. The molecule has 2 aromatic rings. The summed E-state index contributed by atoms with van der Waals surface area (Å²) in [6.07, 6.45) is 5.39. The van der Waals surface area contributed by atoms with Crippen molar-refractivity contribution in [3.63, 3.8) is 0 Å². The number of carboxylic acid groups (broad SMARTS) is 1. The maximum Gasteiger partial charge on any atom is 0.335 e. The Bertz CT molecular complexity index is 681. The summed E-state index contributed by atoms with van der Waals surface area (Å²) in [5, 5.41) is 22.8. The molecule has 0 saturated heterocycles. The molecule has 1 aromatic heterocycles. The van der Waals surface area contributed by atoms with Crippen molar-refractivity contribution in [2.24, 2.45) is 0 Å². The van der Waals surface area contributed by atoms with Gasteiger partial charge >= 0.3 is 5.97 Å². The standard InChI is InChI=1S/C15H17N3O3/c19-8-15(5-1-2-6-15)18-13-11-4-3-10(14(20)21)7-12(11)16-9-17-13/h3-4,7,9,19H,1-2,5-6,8H2,(H,20,21)(H,16,17,18). The second kappa shape index (κ2) is 5.29. The van der Waals surface area contributed by atoms with E-state index in [1.807, 2.05) is 0 Å². The van der Waals surface area contributed by atoms with Crippen molar-refractivity contribution in [3.05, 3.63) is 30.1 Å². The fraction of sp³-hybridized carbons (Fsp3) is 0.400. The van der Waals surface area contributed by atoms with Crippen molar-refractivity contribution in [1.29, 1.82) is 0 Å². The minimum absolute atomic E-state index is 0.0612. The van der Waals surface area contributed by atoms with E-state index in [1.54, 1.807) is 12.1 Å². The molecule has 3 rings (SSSR count). The number of aromatic carboxylic acids is 1. The molecule has 0 aliphatic heterocycles. The van der Waals surface area contributed by atoms with Crippen LogP contribution in [-0.2, 0) is 0 Å². The van der Waals surface area contributed by atoms with E-state index in [1.165, 1.54) is 12.4 Å². The molecular weight excluding hydrogens is 270 g/mol. The van der Waals surface area contributed by atoms with E-state index in [0.29, 0.717) is 11.3 Å². The summed E-state index contributed by atoms with van der Waals surface area (Å²) in [4.78, 5) is 19.4. The summed E-state index contributed by atoms with van der Waals surface area (Å²) in [5.74, 6) is -0.333. The van der Waals surface area contributed by atoms with Gasteiger partial charge < -0.3 is 15.5 Å². The second-order valence-corrected chi connectivity index (χ2v) is 5.53. The molecule has 110 valence electrons. The highest BCUT2D eigenvalue weighted by Gasteiger charge is 2.33. The van der Waals surface area contributed by atoms with Crippen LogP contribution >= 0.6 is 0 Å². The molecule has 3 N–H and O–H groups in total. The normalized spacial score (nSPS) is 17.0. The van der Waals surface area contributed by atoms with Crippen molar-refractivity contribution in [1.82, 2.24) is 9.97 Å². The fourth-order valence-electron chi connectivity index (χ4n) is 2.92. The number of hydrogen-bond donors (Lipinski definition) is 3. The van der Waals surface area contributed by atoms with Crippen LogP contribution in [0, 0.1) is 0 Å². The number of nitrogens with one attached hydrogen (secondary N) is 1. The van der Waals surface area contributed by atoms with Crippen LogP contribution in [-0.4, -0.2) is 38.3 Å². The van der Waals surface area contributed by atoms with Crippen molar-refractivity contribution >= 4 is 22.7 Å². The predicted octanol–water partition coefficient (Wildman–Crippen LogP) is 2.04. The molecule has 1 heterocycles. The third kappa shape index (κ3) is 2.54. The van der Waals surface area contributed by atoms with E-state index >= 15 is 0 Å². The SMILES string of the molecule is O=C(O)c1ccc2c(NC3(CO)CCCC3)ncnc2c1. The molecule has 1 aliphatic carbocycles. The van der Waals surface area contributed by atoms with Crippen LogP contribution in [0.15, 0.2) is 24.5 Å². The zero-order valence-corrected chi connectivity index (χ0v) is 11.5. The number of benzene rings is 1. The number of fused-ring (bicyclic) bond motifs is 1. The van der Waals surface area contributed by atoms with Crippen LogP contribution in [0.4, 0.5) is 5.82 Å². The van der Waals surface area contributed by atoms with E-state index < -0.39 is 5.97 Å². The molecule has 0 radical (unpaired) electrons. The zero-order chi connectivity index (χ0) is 14.9. The Morgan fingerprint density at radius 2 is 2.05 bits per heavy atom. The summed E-state index contributed by atoms with van der Waals surface area (Å²) in [5.41, 5.74) is 0.454. The van der Waals surface area contributed by atoms with E-state index in [2.05, 4.69) is 15.3 Å². The molecule has 0 atom stereocenters. The van der Waals surface area contributed by atoms with Crippen LogP contribution < -0.4 is 5.32 Å². The lowest BCUT2D eigenvalue weighted by atomic mass is 9.98. The minimum atomic E-state index is -0.979. The first-order valence-electron chi connectivity index (χ1n) is 7.01. The number of carbonyl (C=O) groups is 1. The molecule has 0 unspecified atom stereocenters. The third-order valence-electron chi connectivity index (χ3n) is 4.13. The van der Waals surface area contributed by atoms with Crippen LogP contribution in [0.25, 0.3) is 10.9 Å². The Hall–Kier alpha value is -2.21. The number of carboxylic acids is 1. The molecule has 21 heavy (non-hydrogen) atoms. The molecular formula is C15H17N3O3. The smallest absolute Gasteiger partial charge is 0.335 e. The highest BCUT2D eigenvalue weighted by Crippen LogP contribution is 2.34. The van der Waals surface area contributed by atoms with E-state index in [9.17, 15) is 9.90 Å². The maximum atomic E-state index is 11.0. The summed E-state index contributed by atoms with van der Waals surface area (Å²) in [6.45, 7) is 0.0612. The van der Waals surface area contributed by atoms with Crippen molar-refractivity contribution in [2.75, 3.05) is 11.9 Å². The Morgan fingerprint density at radius 1 is 1.29 bits per heavy atom. The Labute approximate surface area is 121 Å². The van der Waals surface area contributed by atoms with Gasteiger partial charge in [0.15, 0.2) is 0 Å². The Morgan fingerprint density at radius 3 is 2.71 bits per heavy atom. The first-order chi connectivity index (χ1) is 10.1.